The van der Waals surface area contributed by atoms with E-state index in [0.29, 0.717) is 5.95 Å². The zero-order valence-electron chi connectivity index (χ0n) is 30.1. The monoisotopic (exact) mass is 710 g/mol. The number of fused-ring (bicyclic) bond motifs is 12. The molecule has 4 heteroatoms. The van der Waals surface area contributed by atoms with Gasteiger partial charge in [-0.25, -0.2) is 9.97 Å². The molecule has 0 unspecified atom stereocenters. The lowest BCUT2D eigenvalue weighted by atomic mass is 9.96. The Hall–Kier alpha value is -7.56. The van der Waals surface area contributed by atoms with E-state index in [-0.39, 0.29) is 0 Å². The van der Waals surface area contributed by atoms with Crippen molar-refractivity contribution in [2.24, 2.45) is 0 Å². The van der Waals surface area contributed by atoms with Gasteiger partial charge in [0.05, 0.1) is 38.8 Å². The lowest BCUT2D eigenvalue weighted by molar-refractivity contribution is 1.01. The summed E-state index contributed by atoms with van der Waals surface area (Å²) in [5.41, 5.74) is 11.2. The Balaban J connectivity index is 1.05. The molecule has 0 fully saturated rings. The SMILES string of the molecule is c1ccc2c(-c3ccc(-c4nc(-n5c6ccccc6c6cc7cc8c9cccc%10c%11ccccc%11n(c8cc7cc65)c%109)nc5ccccc45)cc3)cccc2c1. The van der Waals surface area contributed by atoms with Gasteiger partial charge in [-0.1, -0.05) is 140 Å². The predicted octanol–water partition coefficient (Wildman–Crippen LogP) is 13.5. The summed E-state index contributed by atoms with van der Waals surface area (Å²) in [5, 5.41) is 13.5. The van der Waals surface area contributed by atoms with E-state index in [9.17, 15) is 0 Å². The van der Waals surface area contributed by atoms with E-state index in [2.05, 4.69) is 191 Å². The van der Waals surface area contributed by atoms with Gasteiger partial charge in [-0.05, 0) is 75.1 Å². The summed E-state index contributed by atoms with van der Waals surface area (Å²) in [6.45, 7) is 0. The highest BCUT2D eigenvalue weighted by molar-refractivity contribution is 6.25. The molecule has 4 nitrogen and oxygen atoms in total. The van der Waals surface area contributed by atoms with Gasteiger partial charge < -0.3 is 4.40 Å². The topological polar surface area (TPSA) is 35.1 Å². The summed E-state index contributed by atoms with van der Waals surface area (Å²) in [6.07, 6.45) is 0. The Morgan fingerprint density at radius 2 is 0.911 bits per heavy atom. The van der Waals surface area contributed by atoms with Crippen LogP contribution in [0.1, 0.15) is 0 Å². The summed E-state index contributed by atoms with van der Waals surface area (Å²) < 4.78 is 4.72. The van der Waals surface area contributed by atoms with E-state index in [1.54, 1.807) is 0 Å². The van der Waals surface area contributed by atoms with Crippen molar-refractivity contribution in [2.75, 3.05) is 0 Å². The number of hydrogen-bond acceptors (Lipinski definition) is 2. The molecule has 0 radical (unpaired) electrons. The molecule has 13 rings (SSSR count). The third-order valence-corrected chi connectivity index (χ3v) is 12.0. The van der Waals surface area contributed by atoms with E-state index in [1.807, 2.05) is 0 Å². The van der Waals surface area contributed by atoms with Crippen LogP contribution in [0.4, 0.5) is 0 Å². The van der Waals surface area contributed by atoms with E-state index >= 15 is 0 Å². The average molecular weight is 711 g/mol. The van der Waals surface area contributed by atoms with Gasteiger partial charge in [-0.15, -0.1) is 0 Å². The minimum Gasteiger partial charge on any atom is -0.308 e. The van der Waals surface area contributed by atoms with Crippen molar-refractivity contribution < 1.29 is 0 Å². The molecule has 0 amide bonds. The van der Waals surface area contributed by atoms with Gasteiger partial charge in [0, 0.05) is 43.3 Å². The number of aromatic nitrogens is 4. The molecule has 0 saturated carbocycles. The van der Waals surface area contributed by atoms with Crippen molar-refractivity contribution in [3.63, 3.8) is 0 Å². The van der Waals surface area contributed by atoms with Gasteiger partial charge in [-0.3, -0.25) is 4.57 Å². The molecular weight excluding hydrogens is 681 g/mol. The zero-order valence-corrected chi connectivity index (χ0v) is 30.1. The molecule has 56 heavy (non-hydrogen) atoms. The highest BCUT2D eigenvalue weighted by Crippen LogP contribution is 2.42. The van der Waals surface area contributed by atoms with Crippen molar-refractivity contribution in [1.82, 2.24) is 18.9 Å². The largest absolute Gasteiger partial charge is 0.308 e. The van der Waals surface area contributed by atoms with Crippen LogP contribution in [0.5, 0.6) is 0 Å². The first kappa shape index (κ1) is 29.8. The molecule has 0 spiro atoms. The second-order valence-corrected chi connectivity index (χ2v) is 15.0. The number of para-hydroxylation sites is 4. The maximum atomic E-state index is 5.43. The van der Waals surface area contributed by atoms with Crippen LogP contribution in [0.15, 0.2) is 182 Å². The first-order valence-corrected chi connectivity index (χ1v) is 19.2. The molecule has 0 N–H and O–H groups in total. The number of benzene rings is 9. The summed E-state index contributed by atoms with van der Waals surface area (Å²) in [4.78, 5) is 10.7. The minimum absolute atomic E-state index is 0.661. The van der Waals surface area contributed by atoms with Crippen LogP contribution in [0.25, 0.3) is 121 Å². The lowest BCUT2D eigenvalue weighted by Gasteiger charge is -2.13. The fourth-order valence-corrected chi connectivity index (χ4v) is 9.52. The standard InChI is InChI=1S/C52H30N4/c1-2-13-36-31(11-1)12-9-17-37(36)32-23-25-33(26-24-32)50-42-16-3-6-20-45(42)53-52(54-50)56-47-22-8-5-15-39(47)43-27-34-28-44-41-19-10-18-40-38-14-4-7-21-46(38)55(51(40)41)48(44)29-35(34)30-49(43)56/h1-30H. The van der Waals surface area contributed by atoms with Crippen LogP contribution in [-0.4, -0.2) is 18.9 Å². The van der Waals surface area contributed by atoms with Crippen LogP contribution < -0.4 is 0 Å². The Morgan fingerprint density at radius 3 is 1.75 bits per heavy atom. The quantitative estimate of drug-likeness (QED) is 0.183. The van der Waals surface area contributed by atoms with Crippen molar-refractivity contribution in [3.05, 3.63) is 182 Å². The summed E-state index contributed by atoms with van der Waals surface area (Å²) >= 11 is 0. The first-order chi connectivity index (χ1) is 27.8. The lowest BCUT2D eigenvalue weighted by Crippen LogP contribution is -2.03. The van der Waals surface area contributed by atoms with E-state index in [0.717, 1.165) is 33.2 Å². The molecule has 9 aromatic carbocycles. The molecule has 0 aliphatic rings. The number of hydrogen-bond donors (Lipinski definition) is 0. The molecule has 4 aromatic heterocycles. The van der Waals surface area contributed by atoms with Gasteiger partial charge in [0.15, 0.2) is 0 Å². The first-order valence-electron chi connectivity index (χ1n) is 19.2. The van der Waals surface area contributed by atoms with Crippen LogP contribution >= 0.6 is 0 Å². The fourth-order valence-electron chi connectivity index (χ4n) is 9.52. The molecule has 4 heterocycles. The van der Waals surface area contributed by atoms with Gasteiger partial charge in [0.1, 0.15) is 0 Å². The molecule has 0 bridgehead atoms. The number of nitrogens with zero attached hydrogens (tertiary/aromatic N) is 4. The van der Waals surface area contributed by atoms with Gasteiger partial charge in [-0.2, -0.15) is 0 Å². The molecule has 0 saturated heterocycles. The van der Waals surface area contributed by atoms with E-state index in [1.165, 1.54) is 81.5 Å². The summed E-state index contributed by atoms with van der Waals surface area (Å²) in [6, 6.07) is 65.9. The maximum Gasteiger partial charge on any atom is 0.235 e. The second-order valence-electron chi connectivity index (χ2n) is 15.0. The van der Waals surface area contributed by atoms with Gasteiger partial charge in [0.2, 0.25) is 5.95 Å². The Kier molecular flexibility index (Phi) is 5.86. The third kappa shape index (κ3) is 4.02. The highest BCUT2D eigenvalue weighted by atomic mass is 15.2. The van der Waals surface area contributed by atoms with Crippen LogP contribution in [0.2, 0.25) is 0 Å². The smallest absolute Gasteiger partial charge is 0.235 e. The normalized spacial score (nSPS) is 12.3. The Bertz CT molecular complexity index is 3750. The van der Waals surface area contributed by atoms with Crippen LogP contribution in [-0.2, 0) is 0 Å². The van der Waals surface area contributed by atoms with Crippen molar-refractivity contribution >= 4 is 92.3 Å². The Morgan fingerprint density at radius 1 is 0.339 bits per heavy atom. The van der Waals surface area contributed by atoms with Gasteiger partial charge in [0.25, 0.3) is 0 Å². The summed E-state index contributed by atoms with van der Waals surface area (Å²) in [7, 11) is 0. The molecule has 0 atom stereocenters. The molecule has 258 valence electrons. The van der Waals surface area contributed by atoms with Crippen molar-refractivity contribution in [1.29, 1.82) is 0 Å². The molecular formula is C52H30N4. The number of rotatable bonds is 3. The van der Waals surface area contributed by atoms with Gasteiger partial charge >= 0.3 is 0 Å². The molecule has 0 aliphatic heterocycles. The maximum absolute atomic E-state index is 5.43. The highest BCUT2D eigenvalue weighted by Gasteiger charge is 2.21. The molecule has 13 aromatic rings. The van der Waals surface area contributed by atoms with E-state index in [4.69, 9.17) is 9.97 Å². The minimum atomic E-state index is 0.661. The van der Waals surface area contributed by atoms with E-state index < -0.39 is 0 Å². The van der Waals surface area contributed by atoms with Crippen molar-refractivity contribution in [2.45, 2.75) is 0 Å². The predicted molar refractivity (Wildman–Crippen MR) is 234 cm³/mol. The Labute approximate surface area is 320 Å². The molecule has 0 aliphatic carbocycles. The fraction of sp³-hybridized carbons (Fsp3) is 0. The average Bonchev–Trinajstić information content (AvgIpc) is 3.89. The van der Waals surface area contributed by atoms with Crippen LogP contribution in [0, 0.1) is 0 Å². The third-order valence-electron chi connectivity index (χ3n) is 12.0. The second kappa shape index (κ2) is 11.0. The van der Waals surface area contributed by atoms with Crippen molar-refractivity contribution in [3.8, 4) is 28.3 Å². The zero-order chi connectivity index (χ0) is 36.5. The van der Waals surface area contributed by atoms with Crippen LogP contribution in [0.3, 0.4) is 0 Å². The summed E-state index contributed by atoms with van der Waals surface area (Å²) in [5.74, 6) is 0.661.